The van der Waals surface area contributed by atoms with Crippen molar-refractivity contribution in [1.29, 1.82) is 0 Å². The van der Waals surface area contributed by atoms with Crippen molar-refractivity contribution in [2.75, 3.05) is 13.1 Å². The number of aromatic nitrogens is 1. The quantitative estimate of drug-likeness (QED) is 0.664. The third-order valence-electron chi connectivity index (χ3n) is 4.49. The van der Waals surface area contributed by atoms with Crippen LogP contribution >= 0.6 is 11.3 Å². The van der Waals surface area contributed by atoms with Gasteiger partial charge in [0.1, 0.15) is 11.9 Å². The van der Waals surface area contributed by atoms with Crippen LogP contribution in [-0.4, -0.2) is 35.0 Å². The SMILES string of the molecule is O=C(c1ccc(F)c(F)c1)N1CCC(Oc2nc3ccc(F)cc3s2)CC1. The third-order valence-corrected chi connectivity index (χ3v) is 5.40. The van der Waals surface area contributed by atoms with Gasteiger partial charge in [-0.15, -0.1) is 0 Å². The zero-order valence-corrected chi connectivity index (χ0v) is 14.9. The van der Waals surface area contributed by atoms with Gasteiger partial charge in [0.15, 0.2) is 11.6 Å². The average Bonchev–Trinajstić information content (AvgIpc) is 3.05. The van der Waals surface area contributed by atoms with E-state index in [2.05, 4.69) is 4.98 Å². The van der Waals surface area contributed by atoms with Crippen LogP contribution in [0.2, 0.25) is 0 Å². The molecular weight excluding hydrogens is 377 g/mol. The molecule has 0 atom stereocenters. The van der Waals surface area contributed by atoms with Crippen LogP contribution in [0.3, 0.4) is 0 Å². The van der Waals surface area contributed by atoms with Gasteiger partial charge < -0.3 is 9.64 Å². The zero-order valence-electron chi connectivity index (χ0n) is 14.1. The number of thiazole rings is 1. The largest absolute Gasteiger partial charge is 0.467 e. The standard InChI is InChI=1S/C19H15F3N2O2S/c20-12-2-4-16-17(10-12)27-19(23-16)26-13-5-7-24(8-6-13)18(25)11-1-3-14(21)15(22)9-11/h1-4,9-10,13H,5-8H2. The number of likely N-dealkylation sites (tertiary alicyclic amines) is 1. The minimum Gasteiger partial charge on any atom is -0.467 e. The van der Waals surface area contributed by atoms with Crippen molar-refractivity contribution in [2.24, 2.45) is 0 Å². The highest BCUT2D eigenvalue weighted by atomic mass is 32.1. The van der Waals surface area contributed by atoms with Crippen molar-refractivity contribution in [3.63, 3.8) is 0 Å². The number of halogens is 3. The van der Waals surface area contributed by atoms with E-state index >= 15 is 0 Å². The lowest BCUT2D eigenvalue weighted by atomic mass is 10.1. The van der Waals surface area contributed by atoms with Crippen LogP contribution in [0.4, 0.5) is 13.2 Å². The average molecular weight is 392 g/mol. The van der Waals surface area contributed by atoms with Crippen LogP contribution in [0, 0.1) is 17.5 Å². The first kappa shape index (κ1) is 17.8. The summed E-state index contributed by atoms with van der Waals surface area (Å²) >= 11 is 1.28. The van der Waals surface area contributed by atoms with E-state index in [0.29, 0.717) is 36.6 Å². The molecule has 140 valence electrons. The minimum absolute atomic E-state index is 0.107. The number of benzene rings is 2. The molecule has 27 heavy (non-hydrogen) atoms. The summed E-state index contributed by atoms with van der Waals surface area (Å²) in [5.74, 6) is -2.66. The highest BCUT2D eigenvalue weighted by Gasteiger charge is 2.26. The Kier molecular flexibility index (Phi) is 4.73. The Labute approximate surface area is 157 Å². The molecule has 8 heteroatoms. The van der Waals surface area contributed by atoms with Crippen molar-refractivity contribution in [2.45, 2.75) is 18.9 Å². The van der Waals surface area contributed by atoms with Gasteiger partial charge in [-0.3, -0.25) is 4.79 Å². The molecule has 4 nitrogen and oxygen atoms in total. The number of hydrogen-bond acceptors (Lipinski definition) is 4. The minimum atomic E-state index is -1.04. The van der Waals surface area contributed by atoms with Crippen LogP contribution in [0.1, 0.15) is 23.2 Å². The topological polar surface area (TPSA) is 42.4 Å². The summed E-state index contributed by atoms with van der Waals surface area (Å²) in [6.07, 6.45) is 1.09. The number of carbonyl (C=O) groups excluding carboxylic acids is 1. The Bertz CT molecular complexity index is 1000. The van der Waals surface area contributed by atoms with Gasteiger partial charge in [0.2, 0.25) is 0 Å². The van der Waals surface area contributed by atoms with Crippen LogP contribution in [0.15, 0.2) is 36.4 Å². The van der Waals surface area contributed by atoms with E-state index in [9.17, 15) is 18.0 Å². The van der Waals surface area contributed by atoms with Crippen molar-refractivity contribution in [3.05, 3.63) is 59.4 Å². The van der Waals surface area contributed by atoms with Crippen LogP contribution in [-0.2, 0) is 0 Å². The van der Waals surface area contributed by atoms with Gasteiger partial charge in [0.05, 0.1) is 10.2 Å². The molecule has 0 bridgehead atoms. The monoisotopic (exact) mass is 392 g/mol. The molecule has 2 aromatic carbocycles. The fourth-order valence-electron chi connectivity index (χ4n) is 3.06. The third kappa shape index (κ3) is 3.75. The Morgan fingerprint density at radius 3 is 2.59 bits per heavy atom. The lowest BCUT2D eigenvalue weighted by Gasteiger charge is -2.31. The van der Waals surface area contributed by atoms with E-state index in [4.69, 9.17) is 4.74 Å². The van der Waals surface area contributed by atoms with Gasteiger partial charge in [-0.1, -0.05) is 11.3 Å². The van der Waals surface area contributed by atoms with E-state index in [-0.39, 0.29) is 23.4 Å². The van der Waals surface area contributed by atoms with E-state index in [1.54, 1.807) is 11.0 Å². The van der Waals surface area contributed by atoms with Crippen molar-refractivity contribution in [1.82, 2.24) is 9.88 Å². The Balaban J connectivity index is 1.37. The smallest absolute Gasteiger partial charge is 0.274 e. The molecule has 0 N–H and O–H groups in total. The highest BCUT2D eigenvalue weighted by Crippen LogP contribution is 2.30. The van der Waals surface area contributed by atoms with E-state index in [1.807, 2.05) is 0 Å². The molecule has 0 radical (unpaired) electrons. The lowest BCUT2D eigenvalue weighted by Crippen LogP contribution is -2.41. The van der Waals surface area contributed by atoms with Crippen molar-refractivity contribution < 1.29 is 22.7 Å². The molecule has 0 saturated carbocycles. The molecule has 1 aliphatic heterocycles. The molecule has 4 rings (SSSR count). The van der Waals surface area contributed by atoms with Gasteiger partial charge >= 0.3 is 0 Å². The van der Waals surface area contributed by atoms with Crippen LogP contribution < -0.4 is 4.74 Å². The number of ether oxygens (including phenoxy) is 1. The Morgan fingerprint density at radius 1 is 1.07 bits per heavy atom. The highest BCUT2D eigenvalue weighted by molar-refractivity contribution is 7.20. The number of carbonyl (C=O) groups is 1. The van der Waals surface area contributed by atoms with E-state index in [0.717, 1.165) is 16.8 Å². The maximum Gasteiger partial charge on any atom is 0.274 e. The van der Waals surface area contributed by atoms with Crippen molar-refractivity contribution in [3.8, 4) is 5.19 Å². The molecule has 0 unspecified atom stereocenters. The fraction of sp³-hybridized carbons (Fsp3) is 0.263. The Hall–Kier alpha value is -2.61. The first-order chi connectivity index (χ1) is 13.0. The van der Waals surface area contributed by atoms with Crippen LogP contribution in [0.25, 0.3) is 10.2 Å². The molecule has 1 aliphatic rings. The second-order valence-electron chi connectivity index (χ2n) is 6.33. The van der Waals surface area contributed by atoms with Gasteiger partial charge in [0.25, 0.3) is 11.1 Å². The second-order valence-corrected chi connectivity index (χ2v) is 7.32. The summed E-state index contributed by atoms with van der Waals surface area (Å²) < 4.78 is 46.2. The van der Waals surface area contributed by atoms with Gasteiger partial charge in [0, 0.05) is 31.5 Å². The summed E-state index contributed by atoms with van der Waals surface area (Å²) in [6, 6.07) is 7.53. The fourth-order valence-corrected chi connectivity index (χ4v) is 3.96. The number of fused-ring (bicyclic) bond motifs is 1. The molecule has 1 fully saturated rings. The number of rotatable bonds is 3. The zero-order chi connectivity index (χ0) is 19.0. The summed E-state index contributed by atoms with van der Waals surface area (Å²) in [5, 5.41) is 0.473. The summed E-state index contributed by atoms with van der Waals surface area (Å²) in [4.78, 5) is 18.4. The molecule has 3 aromatic rings. The Morgan fingerprint density at radius 2 is 1.85 bits per heavy atom. The second kappa shape index (κ2) is 7.19. The molecular formula is C19H15F3N2O2S. The molecule has 0 aliphatic carbocycles. The molecule has 1 amide bonds. The van der Waals surface area contributed by atoms with Gasteiger partial charge in [-0.05, 0) is 36.4 Å². The number of amides is 1. The first-order valence-corrected chi connectivity index (χ1v) is 9.28. The van der Waals surface area contributed by atoms with Crippen molar-refractivity contribution >= 4 is 27.5 Å². The number of nitrogens with zero attached hydrogens (tertiary/aromatic N) is 2. The normalized spacial score (nSPS) is 15.3. The van der Waals surface area contributed by atoms with E-state index < -0.39 is 11.6 Å². The molecule has 1 aromatic heterocycles. The number of piperidine rings is 1. The van der Waals surface area contributed by atoms with Crippen LogP contribution in [0.5, 0.6) is 5.19 Å². The summed E-state index contributed by atoms with van der Waals surface area (Å²) in [5.41, 5.74) is 0.809. The maximum atomic E-state index is 13.3. The van der Waals surface area contributed by atoms with Gasteiger partial charge in [-0.2, -0.15) is 0 Å². The number of hydrogen-bond donors (Lipinski definition) is 0. The summed E-state index contributed by atoms with van der Waals surface area (Å²) in [7, 11) is 0. The molecule has 1 saturated heterocycles. The van der Waals surface area contributed by atoms with Gasteiger partial charge in [-0.25, -0.2) is 18.2 Å². The molecule has 0 spiro atoms. The summed E-state index contributed by atoms with van der Waals surface area (Å²) in [6.45, 7) is 0.893. The molecule has 2 heterocycles. The maximum absolute atomic E-state index is 13.3. The first-order valence-electron chi connectivity index (χ1n) is 8.46. The lowest BCUT2D eigenvalue weighted by molar-refractivity contribution is 0.0595. The predicted molar refractivity (Wildman–Crippen MR) is 95.5 cm³/mol. The van der Waals surface area contributed by atoms with E-state index in [1.165, 1.54) is 29.5 Å². The predicted octanol–water partition coefficient (Wildman–Crippen LogP) is 4.40.